The van der Waals surface area contributed by atoms with Crippen LogP contribution in [0.4, 0.5) is 0 Å². The molecule has 1 aromatic rings. The Bertz CT molecular complexity index is 325. The van der Waals surface area contributed by atoms with Crippen LogP contribution >= 0.6 is 11.8 Å². The van der Waals surface area contributed by atoms with Gasteiger partial charge in [0, 0.05) is 31.6 Å². The Morgan fingerprint density at radius 3 is 3.00 bits per heavy atom. The molecule has 0 aliphatic carbocycles. The predicted molar refractivity (Wildman–Crippen MR) is 73.2 cm³/mol. The molecule has 1 unspecified atom stereocenters. The van der Waals surface area contributed by atoms with E-state index in [1.165, 1.54) is 5.69 Å². The van der Waals surface area contributed by atoms with Gasteiger partial charge in [0.1, 0.15) is 0 Å². The molecule has 5 heteroatoms. The Labute approximate surface area is 108 Å². The summed E-state index contributed by atoms with van der Waals surface area (Å²) >= 11 is 1.66. The fourth-order valence-corrected chi connectivity index (χ4v) is 2.47. The van der Waals surface area contributed by atoms with E-state index < -0.39 is 5.60 Å². The largest absolute Gasteiger partial charge is 0.388 e. The zero-order valence-electron chi connectivity index (χ0n) is 10.9. The quantitative estimate of drug-likeness (QED) is 0.741. The van der Waals surface area contributed by atoms with Crippen LogP contribution in [0, 0.1) is 0 Å². The van der Waals surface area contributed by atoms with Gasteiger partial charge in [0.15, 0.2) is 0 Å². The summed E-state index contributed by atoms with van der Waals surface area (Å²) in [5.74, 6) is 0.744. The predicted octanol–water partition coefficient (Wildman–Crippen LogP) is 1.50. The number of rotatable bonds is 8. The van der Waals surface area contributed by atoms with E-state index in [1.807, 2.05) is 30.1 Å². The molecule has 0 radical (unpaired) electrons. The zero-order valence-corrected chi connectivity index (χ0v) is 11.8. The fourth-order valence-electron chi connectivity index (χ4n) is 1.75. The van der Waals surface area contributed by atoms with Crippen molar-refractivity contribution in [2.45, 2.75) is 39.0 Å². The number of aliphatic hydroxyl groups is 1. The van der Waals surface area contributed by atoms with Gasteiger partial charge in [-0.05, 0) is 25.7 Å². The highest BCUT2D eigenvalue weighted by Crippen LogP contribution is 2.09. The summed E-state index contributed by atoms with van der Waals surface area (Å²) in [7, 11) is 0. The standard InChI is InChI=1S/C12H23N3OS/c1-4-7-15-11(5-6-14-15)8-13-9-12(2,16)10-17-3/h5-6,13,16H,4,7-10H2,1-3H3. The van der Waals surface area contributed by atoms with Crippen LogP contribution in [0.3, 0.4) is 0 Å². The highest BCUT2D eigenvalue weighted by Gasteiger charge is 2.18. The molecule has 98 valence electrons. The van der Waals surface area contributed by atoms with E-state index in [4.69, 9.17) is 0 Å². The van der Waals surface area contributed by atoms with Crippen LogP contribution < -0.4 is 5.32 Å². The van der Waals surface area contributed by atoms with E-state index in [9.17, 15) is 5.11 Å². The Balaban J connectivity index is 2.37. The second-order valence-corrected chi connectivity index (χ2v) is 5.45. The summed E-state index contributed by atoms with van der Waals surface area (Å²) in [6.45, 7) is 6.31. The molecule has 0 aromatic carbocycles. The average molecular weight is 257 g/mol. The first kappa shape index (κ1) is 14.5. The first-order valence-electron chi connectivity index (χ1n) is 6.02. The first-order valence-corrected chi connectivity index (χ1v) is 7.41. The van der Waals surface area contributed by atoms with Gasteiger partial charge in [-0.2, -0.15) is 16.9 Å². The second kappa shape index (κ2) is 7.03. The van der Waals surface area contributed by atoms with Gasteiger partial charge in [-0.15, -0.1) is 0 Å². The summed E-state index contributed by atoms with van der Waals surface area (Å²) in [6, 6.07) is 2.02. The van der Waals surface area contributed by atoms with Gasteiger partial charge >= 0.3 is 0 Å². The van der Waals surface area contributed by atoms with Crippen LogP contribution in [0.2, 0.25) is 0 Å². The topological polar surface area (TPSA) is 50.1 Å². The molecule has 1 aromatic heterocycles. The molecule has 1 heterocycles. The summed E-state index contributed by atoms with van der Waals surface area (Å²) < 4.78 is 2.01. The van der Waals surface area contributed by atoms with Gasteiger partial charge in [0.25, 0.3) is 0 Å². The van der Waals surface area contributed by atoms with E-state index in [-0.39, 0.29) is 0 Å². The summed E-state index contributed by atoms with van der Waals surface area (Å²) in [5.41, 5.74) is 0.529. The molecular formula is C12H23N3OS. The Kier molecular flexibility index (Phi) is 6.02. The van der Waals surface area contributed by atoms with Gasteiger partial charge in [-0.25, -0.2) is 0 Å². The van der Waals surface area contributed by atoms with Crippen LogP contribution in [0.1, 0.15) is 26.0 Å². The van der Waals surface area contributed by atoms with Crippen molar-refractivity contribution in [1.82, 2.24) is 15.1 Å². The zero-order chi connectivity index (χ0) is 12.7. The maximum Gasteiger partial charge on any atom is 0.0833 e. The summed E-state index contributed by atoms with van der Waals surface area (Å²) in [4.78, 5) is 0. The molecule has 0 aliphatic rings. The third kappa shape index (κ3) is 5.10. The van der Waals surface area contributed by atoms with Crippen molar-refractivity contribution in [3.8, 4) is 0 Å². The second-order valence-electron chi connectivity index (χ2n) is 4.58. The van der Waals surface area contributed by atoms with E-state index in [0.717, 1.165) is 25.3 Å². The summed E-state index contributed by atoms with van der Waals surface area (Å²) in [6.07, 6.45) is 4.91. The molecule has 0 spiro atoms. The van der Waals surface area contributed by atoms with E-state index in [1.54, 1.807) is 11.8 Å². The molecule has 0 saturated heterocycles. The van der Waals surface area contributed by atoms with Crippen LogP contribution in [0.5, 0.6) is 0 Å². The molecule has 0 aliphatic heterocycles. The number of nitrogens with one attached hydrogen (secondary N) is 1. The third-order valence-electron chi connectivity index (χ3n) is 2.51. The van der Waals surface area contributed by atoms with Crippen molar-refractivity contribution < 1.29 is 5.11 Å². The number of nitrogens with zero attached hydrogens (tertiary/aromatic N) is 2. The molecule has 1 atom stereocenters. The lowest BCUT2D eigenvalue weighted by Gasteiger charge is -2.22. The number of hydrogen-bond donors (Lipinski definition) is 2. The molecular weight excluding hydrogens is 234 g/mol. The first-order chi connectivity index (χ1) is 8.09. The Hall–Kier alpha value is -0.520. The average Bonchev–Trinajstić information content (AvgIpc) is 2.66. The third-order valence-corrected chi connectivity index (χ3v) is 3.42. The van der Waals surface area contributed by atoms with Gasteiger partial charge in [0.2, 0.25) is 0 Å². The van der Waals surface area contributed by atoms with Crippen molar-refractivity contribution in [3.63, 3.8) is 0 Å². The van der Waals surface area contributed by atoms with Crippen LogP contribution in [0.25, 0.3) is 0 Å². The van der Waals surface area contributed by atoms with Crippen LogP contribution in [-0.2, 0) is 13.1 Å². The fraction of sp³-hybridized carbons (Fsp3) is 0.750. The van der Waals surface area contributed by atoms with Crippen molar-refractivity contribution >= 4 is 11.8 Å². The van der Waals surface area contributed by atoms with Gasteiger partial charge < -0.3 is 10.4 Å². The minimum absolute atomic E-state index is 0.602. The number of thioether (sulfide) groups is 1. The number of aryl methyl sites for hydroxylation is 1. The molecule has 0 fully saturated rings. The molecule has 0 saturated carbocycles. The number of hydrogen-bond acceptors (Lipinski definition) is 4. The minimum atomic E-state index is -0.644. The molecule has 17 heavy (non-hydrogen) atoms. The Morgan fingerprint density at radius 1 is 1.59 bits per heavy atom. The smallest absolute Gasteiger partial charge is 0.0833 e. The van der Waals surface area contributed by atoms with Crippen molar-refractivity contribution in [2.75, 3.05) is 18.6 Å². The SMILES string of the molecule is CCCn1nccc1CNCC(C)(O)CSC. The van der Waals surface area contributed by atoms with Gasteiger partial charge in [0.05, 0.1) is 11.3 Å². The van der Waals surface area contributed by atoms with Gasteiger partial charge in [-0.1, -0.05) is 6.92 Å². The maximum absolute atomic E-state index is 10.0. The van der Waals surface area contributed by atoms with E-state index in [0.29, 0.717) is 6.54 Å². The van der Waals surface area contributed by atoms with Crippen LogP contribution in [0.15, 0.2) is 12.3 Å². The van der Waals surface area contributed by atoms with Crippen molar-refractivity contribution in [2.24, 2.45) is 0 Å². The molecule has 0 bridgehead atoms. The monoisotopic (exact) mass is 257 g/mol. The Morgan fingerprint density at radius 2 is 2.35 bits per heavy atom. The lowest BCUT2D eigenvalue weighted by molar-refractivity contribution is 0.0843. The normalized spacial score (nSPS) is 14.8. The molecule has 4 nitrogen and oxygen atoms in total. The van der Waals surface area contributed by atoms with Crippen molar-refractivity contribution in [3.05, 3.63) is 18.0 Å². The molecule has 1 rings (SSSR count). The van der Waals surface area contributed by atoms with Crippen molar-refractivity contribution in [1.29, 1.82) is 0 Å². The lowest BCUT2D eigenvalue weighted by Crippen LogP contribution is -2.39. The molecule has 2 N–H and O–H groups in total. The molecule has 0 amide bonds. The maximum atomic E-state index is 10.0. The van der Waals surface area contributed by atoms with E-state index in [2.05, 4.69) is 17.3 Å². The highest BCUT2D eigenvalue weighted by molar-refractivity contribution is 7.98. The van der Waals surface area contributed by atoms with Gasteiger partial charge in [-0.3, -0.25) is 4.68 Å². The lowest BCUT2D eigenvalue weighted by atomic mass is 10.1. The van der Waals surface area contributed by atoms with Crippen LogP contribution in [-0.4, -0.2) is 39.0 Å². The highest BCUT2D eigenvalue weighted by atomic mass is 32.2. The number of aromatic nitrogens is 2. The summed E-state index contributed by atoms with van der Waals surface area (Å²) in [5, 5.41) is 17.6. The minimum Gasteiger partial charge on any atom is -0.388 e. The van der Waals surface area contributed by atoms with E-state index >= 15 is 0 Å².